The molecule has 56 heavy (non-hydrogen) atoms. The molecule has 6 heteroatoms. The van der Waals surface area contributed by atoms with Crippen LogP contribution in [0, 0.1) is 0 Å². The van der Waals surface area contributed by atoms with Crippen LogP contribution in [0.15, 0.2) is 36.5 Å². The van der Waals surface area contributed by atoms with Crippen molar-refractivity contribution in [3.63, 3.8) is 0 Å². The van der Waals surface area contributed by atoms with Gasteiger partial charge in [-0.15, -0.1) is 0 Å². The van der Waals surface area contributed by atoms with Gasteiger partial charge >= 0.3 is 0 Å². The Bertz CT molecular complexity index is 889. The zero-order chi connectivity index (χ0) is 41.0. The molecule has 0 saturated carbocycles. The van der Waals surface area contributed by atoms with Gasteiger partial charge in [-0.2, -0.15) is 0 Å². The lowest BCUT2D eigenvalue weighted by molar-refractivity contribution is -0.132. The van der Waals surface area contributed by atoms with Crippen molar-refractivity contribution >= 4 is 5.91 Å². The molecule has 0 aromatic carbocycles. The highest BCUT2D eigenvalue weighted by Gasteiger charge is 2.28. The lowest BCUT2D eigenvalue weighted by Crippen LogP contribution is -2.53. The summed E-state index contributed by atoms with van der Waals surface area (Å²) in [7, 11) is 0. The molecule has 0 saturated heterocycles. The van der Waals surface area contributed by atoms with E-state index in [2.05, 4.69) is 42.6 Å². The van der Waals surface area contributed by atoms with Gasteiger partial charge in [0.15, 0.2) is 0 Å². The summed E-state index contributed by atoms with van der Waals surface area (Å²) in [6.07, 6.45) is 54.0. The third-order valence-electron chi connectivity index (χ3n) is 11.4. The number of amides is 1. The molecule has 0 aliphatic rings. The van der Waals surface area contributed by atoms with Crippen LogP contribution < -0.4 is 5.32 Å². The van der Waals surface area contributed by atoms with E-state index in [4.69, 9.17) is 0 Å². The van der Waals surface area contributed by atoms with E-state index in [-0.39, 0.29) is 0 Å². The Morgan fingerprint density at radius 2 is 0.821 bits per heavy atom. The Morgan fingerprint density at radius 3 is 1.23 bits per heavy atom. The van der Waals surface area contributed by atoms with Gasteiger partial charge in [0.05, 0.1) is 18.8 Å². The van der Waals surface area contributed by atoms with E-state index in [1.807, 2.05) is 13.0 Å². The number of nitrogens with one attached hydrogen (secondary N) is 1. The van der Waals surface area contributed by atoms with E-state index in [1.54, 1.807) is 0 Å². The van der Waals surface area contributed by atoms with Crippen molar-refractivity contribution in [2.24, 2.45) is 0 Å². The van der Waals surface area contributed by atoms with Crippen molar-refractivity contribution in [1.29, 1.82) is 0 Å². The first-order valence-electron chi connectivity index (χ1n) is 24.3. The minimum atomic E-state index is -1.29. The number of aliphatic hydroxyl groups excluding tert-OH is 4. The third-order valence-corrected chi connectivity index (χ3v) is 11.4. The quantitative estimate of drug-likeness (QED) is 0.0312. The number of allylic oxidation sites excluding steroid dienone is 6. The Hall–Kier alpha value is -1.47. The van der Waals surface area contributed by atoms with Gasteiger partial charge in [0.1, 0.15) is 12.2 Å². The summed E-state index contributed by atoms with van der Waals surface area (Å²) in [5.74, 6) is -0.599. The fraction of sp³-hybridized carbons (Fsp3) is 0.860. The highest BCUT2D eigenvalue weighted by molar-refractivity contribution is 5.80. The molecule has 0 heterocycles. The monoisotopic (exact) mass is 790 g/mol. The maximum atomic E-state index is 12.5. The average molecular weight is 790 g/mol. The average Bonchev–Trinajstić information content (AvgIpc) is 3.20. The molecule has 0 aromatic rings. The molecule has 330 valence electrons. The molecule has 0 aliphatic carbocycles. The molecule has 1 amide bonds. The van der Waals surface area contributed by atoms with Gasteiger partial charge < -0.3 is 25.7 Å². The predicted octanol–water partition coefficient (Wildman–Crippen LogP) is 13.3. The number of carbonyl (C=O) groups excluding carboxylic acids is 1. The van der Waals surface area contributed by atoms with E-state index in [0.29, 0.717) is 19.3 Å². The van der Waals surface area contributed by atoms with E-state index < -0.39 is 36.9 Å². The molecule has 0 radical (unpaired) electrons. The summed E-state index contributed by atoms with van der Waals surface area (Å²) in [5, 5.41) is 43.4. The van der Waals surface area contributed by atoms with Crippen LogP contribution in [0.5, 0.6) is 0 Å². The second-order valence-corrected chi connectivity index (χ2v) is 16.8. The maximum Gasteiger partial charge on any atom is 0.249 e. The summed E-state index contributed by atoms with van der Waals surface area (Å²) in [4.78, 5) is 12.5. The minimum absolute atomic E-state index is 0.361. The Kier molecular flexibility index (Phi) is 43.5. The number of hydrogen-bond acceptors (Lipinski definition) is 5. The van der Waals surface area contributed by atoms with Gasteiger partial charge in [-0.1, -0.05) is 210 Å². The van der Waals surface area contributed by atoms with E-state index in [9.17, 15) is 25.2 Å². The summed E-state index contributed by atoms with van der Waals surface area (Å²) in [6, 6.07) is -1.00. The molecule has 0 fully saturated rings. The summed E-state index contributed by atoms with van der Waals surface area (Å²) in [6.45, 7) is 3.80. The van der Waals surface area contributed by atoms with Gasteiger partial charge in [-0.3, -0.25) is 4.79 Å². The van der Waals surface area contributed by atoms with Gasteiger partial charge in [0.25, 0.3) is 0 Å². The topological polar surface area (TPSA) is 110 Å². The van der Waals surface area contributed by atoms with Crippen LogP contribution in [0.1, 0.15) is 245 Å². The Balaban J connectivity index is 3.52. The van der Waals surface area contributed by atoms with E-state index in [1.165, 1.54) is 173 Å². The lowest BCUT2D eigenvalue weighted by Gasteiger charge is -2.27. The molecule has 0 rings (SSSR count). The third kappa shape index (κ3) is 38.1. The normalized spacial score (nSPS) is 14.3. The number of carbonyl (C=O) groups is 1. The molecule has 4 unspecified atom stereocenters. The van der Waals surface area contributed by atoms with Crippen molar-refractivity contribution in [3.05, 3.63) is 36.5 Å². The summed E-state index contributed by atoms with van der Waals surface area (Å²) < 4.78 is 0. The number of rotatable bonds is 44. The largest absolute Gasteiger partial charge is 0.394 e. The maximum absolute atomic E-state index is 12.5. The molecular formula is C50H95NO5. The number of hydrogen-bond donors (Lipinski definition) is 5. The van der Waals surface area contributed by atoms with Crippen molar-refractivity contribution in [2.45, 2.75) is 269 Å². The van der Waals surface area contributed by atoms with Crippen LogP contribution in [0.25, 0.3) is 0 Å². The van der Waals surface area contributed by atoms with Crippen LogP contribution in [0.4, 0.5) is 0 Å². The van der Waals surface area contributed by atoms with Crippen LogP contribution in [0.3, 0.4) is 0 Å². The molecule has 5 N–H and O–H groups in total. The molecule has 0 bridgehead atoms. The molecule has 6 nitrogen and oxygen atoms in total. The van der Waals surface area contributed by atoms with Crippen molar-refractivity contribution < 1.29 is 25.2 Å². The fourth-order valence-electron chi connectivity index (χ4n) is 7.54. The lowest BCUT2D eigenvalue weighted by atomic mass is 10.00. The van der Waals surface area contributed by atoms with Crippen LogP contribution in [-0.4, -0.2) is 57.3 Å². The number of aliphatic hydroxyl groups is 4. The first kappa shape index (κ1) is 54.5. The first-order chi connectivity index (χ1) is 27.5. The molecular weight excluding hydrogens is 695 g/mol. The Morgan fingerprint density at radius 1 is 0.464 bits per heavy atom. The molecule has 4 atom stereocenters. The van der Waals surface area contributed by atoms with Gasteiger partial charge in [0, 0.05) is 0 Å². The fourth-order valence-corrected chi connectivity index (χ4v) is 7.54. The van der Waals surface area contributed by atoms with Crippen LogP contribution in [0.2, 0.25) is 0 Å². The molecule has 0 aromatic heterocycles. The molecule has 0 aliphatic heterocycles. The van der Waals surface area contributed by atoms with Crippen LogP contribution >= 0.6 is 0 Å². The van der Waals surface area contributed by atoms with E-state index >= 15 is 0 Å². The van der Waals surface area contributed by atoms with Gasteiger partial charge in [-0.25, -0.2) is 0 Å². The predicted molar refractivity (Wildman–Crippen MR) is 242 cm³/mol. The summed E-state index contributed by atoms with van der Waals surface area (Å²) in [5.41, 5.74) is 0. The highest BCUT2D eigenvalue weighted by atomic mass is 16.3. The van der Waals surface area contributed by atoms with Crippen LogP contribution in [-0.2, 0) is 4.79 Å². The van der Waals surface area contributed by atoms with E-state index in [0.717, 1.165) is 38.5 Å². The van der Waals surface area contributed by atoms with Crippen molar-refractivity contribution in [1.82, 2.24) is 5.32 Å². The second kappa shape index (κ2) is 44.6. The van der Waals surface area contributed by atoms with Crippen molar-refractivity contribution in [3.8, 4) is 0 Å². The smallest absolute Gasteiger partial charge is 0.249 e. The zero-order valence-electron chi connectivity index (χ0n) is 37.1. The zero-order valence-corrected chi connectivity index (χ0v) is 37.1. The highest BCUT2D eigenvalue weighted by Crippen LogP contribution is 2.17. The standard InChI is InChI=1S/C50H95NO5/c1-3-5-7-9-11-13-14-15-16-17-18-19-20-21-22-23-24-25-26-27-28-29-30-31-32-33-34-35-36-38-40-42-44-48(54)50(56)51-46(45-52)49(55)47(53)43-41-39-37-12-10-8-6-4-2/h4,6,12,21-22,37,46-49,52-55H,3,5,7-11,13-20,23-36,38-45H2,1-2H3,(H,51,56)/b6-4+,22-21-,37-12+. The minimum Gasteiger partial charge on any atom is -0.394 e. The second-order valence-electron chi connectivity index (χ2n) is 16.8. The SMILES string of the molecule is C/C=C/CC/C=C/CCCC(O)C(O)C(CO)NC(=O)C(O)CCCCCCCCCCCCCCCCCC/C=C\CCCCCCCCCCCCCC. The Labute approximate surface area is 347 Å². The summed E-state index contributed by atoms with van der Waals surface area (Å²) >= 11 is 0. The van der Waals surface area contributed by atoms with Crippen molar-refractivity contribution in [2.75, 3.05) is 6.61 Å². The number of unbranched alkanes of at least 4 members (excludes halogenated alkanes) is 30. The first-order valence-corrected chi connectivity index (χ1v) is 24.3. The molecule has 0 spiro atoms. The van der Waals surface area contributed by atoms with Gasteiger partial charge in [0.2, 0.25) is 5.91 Å². The van der Waals surface area contributed by atoms with Gasteiger partial charge in [-0.05, 0) is 71.1 Å².